The van der Waals surface area contributed by atoms with Crippen molar-refractivity contribution in [3.8, 4) is 22.1 Å². The van der Waals surface area contributed by atoms with Crippen LogP contribution in [0.4, 0.5) is 0 Å². The molecule has 0 aliphatic heterocycles. The van der Waals surface area contributed by atoms with Gasteiger partial charge in [0.2, 0.25) is 0 Å². The van der Waals surface area contributed by atoms with Crippen molar-refractivity contribution < 1.29 is 14.3 Å². The van der Waals surface area contributed by atoms with E-state index < -0.39 is 6.10 Å². The summed E-state index contributed by atoms with van der Waals surface area (Å²) in [4.78, 5) is 18.0. The third-order valence-corrected chi connectivity index (χ3v) is 5.68. The Morgan fingerprint density at radius 3 is 2.54 bits per heavy atom. The van der Waals surface area contributed by atoms with Gasteiger partial charge in [-0.2, -0.15) is 0 Å². The van der Waals surface area contributed by atoms with Gasteiger partial charge in [0.05, 0.1) is 24.4 Å². The number of benzene rings is 2. The molecule has 3 aromatic rings. The number of carbonyl (C=O) groups is 1. The Morgan fingerprint density at radius 2 is 1.86 bits per heavy atom. The number of aromatic nitrogens is 1. The summed E-state index contributed by atoms with van der Waals surface area (Å²) in [5, 5.41) is 4.41. The number of hydrogen-bond donors (Lipinski definition) is 1. The zero-order chi connectivity index (χ0) is 20.1. The van der Waals surface area contributed by atoms with E-state index in [0.29, 0.717) is 17.3 Å². The molecule has 1 aromatic heterocycles. The van der Waals surface area contributed by atoms with Crippen molar-refractivity contribution in [1.82, 2.24) is 10.3 Å². The van der Waals surface area contributed by atoms with Gasteiger partial charge in [-0.1, -0.05) is 29.8 Å². The van der Waals surface area contributed by atoms with E-state index in [9.17, 15) is 4.79 Å². The maximum atomic E-state index is 12.4. The number of rotatable bonds is 7. The summed E-state index contributed by atoms with van der Waals surface area (Å²) in [6.07, 6.45) is -0.621. The predicted octanol–water partition coefficient (Wildman–Crippen LogP) is 4.86. The molecule has 146 valence electrons. The standard InChI is InChI=1S/C21H21ClN2O3S/c1-13-19(28-21(24-13)17-6-4-5-7-18(17)22)12-23-20(25)14(2)27-16-10-8-15(26-3)9-11-16/h4-11,14H,12H2,1-3H3,(H,23,25)/t14-/m0/s1. The lowest BCUT2D eigenvalue weighted by Crippen LogP contribution is -2.35. The second-order valence-electron chi connectivity index (χ2n) is 6.16. The molecule has 1 amide bonds. The number of methoxy groups -OCH3 is 1. The van der Waals surface area contributed by atoms with Crippen LogP contribution in [0.5, 0.6) is 11.5 Å². The summed E-state index contributed by atoms with van der Waals surface area (Å²) in [7, 11) is 1.60. The van der Waals surface area contributed by atoms with Gasteiger partial charge in [-0.25, -0.2) is 4.98 Å². The van der Waals surface area contributed by atoms with Gasteiger partial charge in [0, 0.05) is 10.4 Å². The molecule has 0 aliphatic rings. The summed E-state index contributed by atoms with van der Waals surface area (Å²) in [6, 6.07) is 14.7. The molecule has 28 heavy (non-hydrogen) atoms. The lowest BCUT2D eigenvalue weighted by Gasteiger charge is -2.14. The quantitative estimate of drug-likeness (QED) is 0.597. The van der Waals surface area contributed by atoms with E-state index in [1.165, 1.54) is 11.3 Å². The van der Waals surface area contributed by atoms with Crippen molar-refractivity contribution in [2.24, 2.45) is 0 Å². The Balaban J connectivity index is 1.60. The number of hydrogen-bond acceptors (Lipinski definition) is 5. The molecular formula is C21H21ClN2O3S. The van der Waals surface area contributed by atoms with Crippen molar-refractivity contribution in [2.75, 3.05) is 7.11 Å². The number of amides is 1. The van der Waals surface area contributed by atoms with Crippen LogP contribution in [0.1, 0.15) is 17.5 Å². The highest BCUT2D eigenvalue weighted by Crippen LogP contribution is 2.32. The molecule has 0 saturated heterocycles. The summed E-state index contributed by atoms with van der Waals surface area (Å²) in [6.45, 7) is 4.03. The van der Waals surface area contributed by atoms with E-state index in [-0.39, 0.29) is 5.91 Å². The third kappa shape index (κ3) is 4.82. The molecule has 0 fully saturated rings. The van der Waals surface area contributed by atoms with Crippen LogP contribution >= 0.6 is 22.9 Å². The summed E-state index contributed by atoms with van der Waals surface area (Å²) < 4.78 is 10.8. The summed E-state index contributed by atoms with van der Waals surface area (Å²) in [5.74, 6) is 1.15. The smallest absolute Gasteiger partial charge is 0.261 e. The molecule has 7 heteroatoms. The van der Waals surface area contributed by atoms with Crippen LogP contribution in [0, 0.1) is 6.92 Å². The Bertz CT molecular complexity index is 957. The Kier molecular flexibility index (Phi) is 6.54. The van der Waals surface area contributed by atoms with Crippen molar-refractivity contribution in [3.05, 3.63) is 64.1 Å². The highest BCUT2D eigenvalue weighted by atomic mass is 35.5. The van der Waals surface area contributed by atoms with E-state index in [0.717, 1.165) is 26.9 Å². The largest absolute Gasteiger partial charge is 0.497 e. The van der Waals surface area contributed by atoms with Crippen LogP contribution in [0.3, 0.4) is 0 Å². The minimum absolute atomic E-state index is 0.192. The topological polar surface area (TPSA) is 60.5 Å². The van der Waals surface area contributed by atoms with E-state index in [1.807, 2.05) is 31.2 Å². The molecule has 1 N–H and O–H groups in total. The molecule has 1 atom stereocenters. The van der Waals surface area contributed by atoms with Crippen LogP contribution in [0.25, 0.3) is 10.6 Å². The van der Waals surface area contributed by atoms with Gasteiger partial charge < -0.3 is 14.8 Å². The Morgan fingerprint density at radius 1 is 1.18 bits per heavy atom. The van der Waals surface area contributed by atoms with E-state index in [4.69, 9.17) is 21.1 Å². The van der Waals surface area contributed by atoms with Crippen LogP contribution in [-0.4, -0.2) is 24.1 Å². The number of ether oxygens (including phenoxy) is 2. The first kappa shape index (κ1) is 20.2. The molecule has 0 radical (unpaired) electrons. The SMILES string of the molecule is COc1ccc(O[C@@H](C)C(=O)NCc2sc(-c3ccccc3Cl)nc2C)cc1. The Labute approximate surface area is 173 Å². The number of nitrogens with one attached hydrogen (secondary N) is 1. The molecule has 0 bridgehead atoms. The second-order valence-corrected chi connectivity index (χ2v) is 7.65. The van der Waals surface area contributed by atoms with Gasteiger partial charge in [0.1, 0.15) is 16.5 Å². The fourth-order valence-electron chi connectivity index (χ4n) is 2.56. The van der Waals surface area contributed by atoms with Gasteiger partial charge in [-0.3, -0.25) is 4.79 Å². The number of thiazole rings is 1. The molecule has 0 spiro atoms. The zero-order valence-electron chi connectivity index (χ0n) is 15.9. The fourth-order valence-corrected chi connectivity index (χ4v) is 3.89. The molecule has 0 unspecified atom stereocenters. The van der Waals surface area contributed by atoms with Gasteiger partial charge in [-0.05, 0) is 44.2 Å². The lowest BCUT2D eigenvalue weighted by atomic mass is 10.2. The normalized spacial score (nSPS) is 11.7. The van der Waals surface area contributed by atoms with E-state index in [1.54, 1.807) is 38.3 Å². The van der Waals surface area contributed by atoms with Crippen LogP contribution in [-0.2, 0) is 11.3 Å². The number of carbonyl (C=O) groups excluding carboxylic acids is 1. The van der Waals surface area contributed by atoms with Crippen molar-refractivity contribution in [3.63, 3.8) is 0 Å². The highest BCUT2D eigenvalue weighted by Gasteiger charge is 2.17. The molecule has 0 aliphatic carbocycles. The average Bonchev–Trinajstić information content (AvgIpc) is 3.07. The summed E-state index contributed by atoms with van der Waals surface area (Å²) >= 11 is 7.78. The minimum atomic E-state index is -0.621. The van der Waals surface area contributed by atoms with E-state index >= 15 is 0 Å². The molecule has 0 saturated carbocycles. The minimum Gasteiger partial charge on any atom is -0.497 e. The predicted molar refractivity (Wildman–Crippen MR) is 112 cm³/mol. The first-order chi connectivity index (χ1) is 13.5. The Hall–Kier alpha value is -2.57. The van der Waals surface area contributed by atoms with Gasteiger partial charge in [-0.15, -0.1) is 11.3 Å². The van der Waals surface area contributed by atoms with Gasteiger partial charge in [0.15, 0.2) is 6.10 Å². The molecule has 3 rings (SSSR count). The number of nitrogens with zero attached hydrogens (tertiary/aromatic N) is 1. The fraction of sp³-hybridized carbons (Fsp3) is 0.238. The van der Waals surface area contributed by atoms with Crippen molar-refractivity contribution >= 4 is 28.8 Å². The molecule has 1 heterocycles. The lowest BCUT2D eigenvalue weighted by molar-refractivity contribution is -0.127. The average molecular weight is 417 g/mol. The maximum absolute atomic E-state index is 12.4. The second kappa shape index (κ2) is 9.08. The summed E-state index contributed by atoms with van der Waals surface area (Å²) in [5.41, 5.74) is 1.77. The molecule has 2 aromatic carbocycles. The van der Waals surface area contributed by atoms with Crippen molar-refractivity contribution in [1.29, 1.82) is 0 Å². The molecule has 5 nitrogen and oxygen atoms in total. The highest BCUT2D eigenvalue weighted by molar-refractivity contribution is 7.15. The van der Waals surface area contributed by atoms with Gasteiger partial charge >= 0.3 is 0 Å². The number of aryl methyl sites for hydroxylation is 1. The van der Waals surface area contributed by atoms with Crippen LogP contribution < -0.4 is 14.8 Å². The third-order valence-electron chi connectivity index (χ3n) is 4.16. The van der Waals surface area contributed by atoms with Crippen molar-refractivity contribution in [2.45, 2.75) is 26.5 Å². The molecular weight excluding hydrogens is 396 g/mol. The van der Waals surface area contributed by atoms with E-state index in [2.05, 4.69) is 10.3 Å². The first-order valence-corrected chi connectivity index (χ1v) is 9.97. The monoisotopic (exact) mass is 416 g/mol. The zero-order valence-corrected chi connectivity index (χ0v) is 17.4. The van der Waals surface area contributed by atoms with Crippen LogP contribution in [0.2, 0.25) is 5.02 Å². The maximum Gasteiger partial charge on any atom is 0.261 e. The number of halogens is 1. The van der Waals surface area contributed by atoms with Gasteiger partial charge in [0.25, 0.3) is 5.91 Å². The van der Waals surface area contributed by atoms with Crippen LogP contribution in [0.15, 0.2) is 48.5 Å². The first-order valence-electron chi connectivity index (χ1n) is 8.77.